The highest BCUT2D eigenvalue weighted by molar-refractivity contribution is 7.22. The number of nitrogens with two attached hydrogens (primary N) is 1. The summed E-state index contributed by atoms with van der Waals surface area (Å²) in [5.41, 5.74) is 9.16. The number of thiazole rings is 1. The molecule has 1 amide bonds. The number of nitrogen functional groups attached to an aromatic ring is 1. The second-order valence-corrected chi connectivity index (χ2v) is 10.1. The molecule has 2 N–H and O–H groups in total. The Hall–Kier alpha value is -2.12. The van der Waals surface area contributed by atoms with Crippen molar-refractivity contribution in [2.24, 2.45) is 0 Å². The van der Waals surface area contributed by atoms with Gasteiger partial charge in [-0.25, -0.2) is 9.78 Å². The molecule has 0 fully saturated rings. The molecule has 0 bridgehead atoms. The Morgan fingerprint density at radius 1 is 1.30 bits per heavy atom. The highest BCUT2D eigenvalue weighted by Crippen LogP contribution is 2.45. The largest absolute Gasteiger partial charge is 0.444 e. The van der Waals surface area contributed by atoms with Gasteiger partial charge in [0.1, 0.15) is 10.6 Å². The Balaban J connectivity index is 1.69. The van der Waals surface area contributed by atoms with E-state index in [0.717, 1.165) is 37.1 Å². The number of aromatic nitrogens is 1. The summed E-state index contributed by atoms with van der Waals surface area (Å²) in [5.74, 6) is 0. The van der Waals surface area contributed by atoms with Crippen LogP contribution in [0.3, 0.4) is 0 Å². The third kappa shape index (κ3) is 3.41. The predicted octanol–water partition coefficient (Wildman–Crippen LogP) is 5.29. The summed E-state index contributed by atoms with van der Waals surface area (Å²) in [6, 6.07) is 8.18. The van der Waals surface area contributed by atoms with Crippen molar-refractivity contribution in [3.8, 4) is 10.6 Å². The van der Waals surface area contributed by atoms with Crippen molar-refractivity contribution < 1.29 is 9.53 Å². The van der Waals surface area contributed by atoms with Gasteiger partial charge in [-0.05, 0) is 51.8 Å². The summed E-state index contributed by atoms with van der Waals surface area (Å²) in [6.07, 6.45) is 0.488. The first-order chi connectivity index (χ1) is 12.7. The van der Waals surface area contributed by atoms with Gasteiger partial charge in [-0.3, -0.25) is 0 Å². The molecule has 1 aliphatic rings. The monoisotopic (exact) mass is 401 g/mol. The van der Waals surface area contributed by atoms with Crippen LogP contribution < -0.4 is 5.73 Å². The average Bonchev–Trinajstić information content (AvgIpc) is 3.11. The Morgan fingerprint density at radius 2 is 2.04 bits per heavy atom. The molecule has 1 aliphatic heterocycles. The van der Waals surface area contributed by atoms with Gasteiger partial charge in [0.25, 0.3) is 0 Å². The molecule has 142 valence electrons. The Bertz CT molecular complexity index is 983. The number of hydrogen-bond acceptors (Lipinski definition) is 6. The molecule has 2 aromatic heterocycles. The van der Waals surface area contributed by atoms with Crippen LogP contribution in [0.5, 0.6) is 0 Å². The number of benzene rings is 1. The van der Waals surface area contributed by atoms with Gasteiger partial charge in [0.15, 0.2) is 0 Å². The Labute approximate surface area is 166 Å². The minimum Gasteiger partial charge on any atom is -0.444 e. The normalized spacial score (nSPS) is 17.2. The molecule has 27 heavy (non-hydrogen) atoms. The van der Waals surface area contributed by atoms with E-state index < -0.39 is 5.60 Å². The standard InChI is InChI=1S/C20H23N3O2S2/c1-11-9-12-15(10-23(11)19(24)25-20(2,3)4)26-17(21)16(12)18-22-13-7-5-6-8-14(13)27-18/h5-8,11H,9-10,21H2,1-4H3. The maximum absolute atomic E-state index is 12.6. The molecule has 0 spiro atoms. The van der Waals surface area contributed by atoms with E-state index in [0.29, 0.717) is 6.54 Å². The van der Waals surface area contributed by atoms with Crippen LogP contribution in [-0.2, 0) is 17.7 Å². The number of nitrogens with zero attached hydrogens (tertiary/aromatic N) is 2. The fraction of sp³-hybridized carbons (Fsp3) is 0.400. The van der Waals surface area contributed by atoms with E-state index in [4.69, 9.17) is 15.5 Å². The molecule has 0 aliphatic carbocycles. The van der Waals surface area contributed by atoms with Crippen molar-refractivity contribution in [2.45, 2.75) is 52.3 Å². The van der Waals surface area contributed by atoms with E-state index in [9.17, 15) is 4.79 Å². The van der Waals surface area contributed by atoms with Crippen LogP contribution in [0.4, 0.5) is 9.80 Å². The number of carbonyl (C=O) groups is 1. The van der Waals surface area contributed by atoms with Crippen molar-refractivity contribution in [1.29, 1.82) is 0 Å². The van der Waals surface area contributed by atoms with E-state index in [1.54, 1.807) is 27.6 Å². The summed E-state index contributed by atoms with van der Waals surface area (Å²) >= 11 is 3.23. The van der Waals surface area contributed by atoms with Crippen LogP contribution in [0.1, 0.15) is 38.1 Å². The maximum atomic E-state index is 12.6. The van der Waals surface area contributed by atoms with Gasteiger partial charge >= 0.3 is 6.09 Å². The summed E-state index contributed by atoms with van der Waals surface area (Å²) in [5, 5.41) is 1.74. The van der Waals surface area contributed by atoms with Gasteiger partial charge in [0, 0.05) is 16.5 Å². The number of carbonyl (C=O) groups excluding carboxylic acids is 1. The van der Waals surface area contributed by atoms with Crippen LogP contribution in [0.15, 0.2) is 24.3 Å². The molecule has 1 unspecified atom stereocenters. The number of ether oxygens (including phenoxy) is 1. The lowest BCUT2D eigenvalue weighted by Crippen LogP contribution is -2.44. The number of thiophene rings is 1. The number of rotatable bonds is 1. The lowest BCUT2D eigenvalue weighted by Gasteiger charge is -2.35. The van der Waals surface area contributed by atoms with Gasteiger partial charge < -0.3 is 15.4 Å². The number of anilines is 1. The molecule has 1 atom stereocenters. The van der Waals surface area contributed by atoms with Crippen molar-refractivity contribution in [1.82, 2.24) is 9.88 Å². The predicted molar refractivity (Wildman–Crippen MR) is 112 cm³/mol. The summed E-state index contributed by atoms with van der Waals surface area (Å²) in [4.78, 5) is 20.3. The van der Waals surface area contributed by atoms with Crippen LogP contribution in [0, 0.1) is 0 Å². The molecule has 5 nitrogen and oxygen atoms in total. The third-order valence-electron chi connectivity index (χ3n) is 4.60. The summed E-state index contributed by atoms with van der Waals surface area (Å²) < 4.78 is 6.73. The van der Waals surface area contributed by atoms with Crippen LogP contribution in [0.25, 0.3) is 20.8 Å². The van der Waals surface area contributed by atoms with Crippen LogP contribution in [0.2, 0.25) is 0 Å². The van der Waals surface area contributed by atoms with Gasteiger partial charge in [0.2, 0.25) is 0 Å². The number of amides is 1. The fourth-order valence-corrected chi connectivity index (χ4v) is 5.59. The quantitative estimate of drug-likeness (QED) is 0.602. The zero-order chi connectivity index (χ0) is 19.3. The first-order valence-electron chi connectivity index (χ1n) is 8.98. The van der Waals surface area contributed by atoms with Crippen molar-refractivity contribution in [3.05, 3.63) is 34.7 Å². The first-order valence-corrected chi connectivity index (χ1v) is 10.6. The molecule has 0 saturated carbocycles. The number of fused-ring (bicyclic) bond motifs is 2. The molecule has 3 heterocycles. The van der Waals surface area contributed by atoms with Crippen LogP contribution in [-0.4, -0.2) is 27.6 Å². The number of para-hydroxylation sites is 1. The smallest absolute Gasteiger partial charge is 0.410 e. The summed E-state index contributed by atoms with van der Waals surface area (Å²) in [6.45, 7) is 8.26. The molecule has 0 saturated heterocycles. The average molecular weight is 402 g/mol. The van der Waals surface area contributed by atoms with Crippen LogP contribution >= 0.6 is 22.7 Å². The van der Waals surface area contributed by atoms with E-state index in [-0.39, 0.29) is 12.1 Å². The summed E-state index contributed by atoms with van der Waals surface area (Å²) in [7, 11) is 0. The second-order valence-electron chi connectivity index (χ2n) is 7.89. The molecule has 0 radical (unpaired) electrons. The zero-order valence-corrected chi connectivity index (χ0v) is 17.5. The highest BCUT2D eigenvalue weighted by Gasteiger charge is 2.34. The van der Waals surface area contributed by atoms with E-state index in [1.165, 1.54) is 5.56 Å². The van der Waals surface area contributed by atoms with Gasteiger partial charge in [0.05, 0.1) is 21.8 Å². The zero-order valence-electron chi connectivity index (χ0n) is 15.9. The van der Waals surface area contributed by atoms with E-state index in [2.05, 4.69) is 13.0 Å². The van der Waals surface area contributed by atoms with Gasteiger partial charge in [-0.2, -0.15) is 0 Å². The van der Waals surface area contributed by atoms with Crippen molar-refractivity contribution in [2.75, 3.05) is 5.73 Å². The SMILES string of the molecule is CC1Cc2c(sc(N)c2-c2nc3ccccc3s2)CN1C(=O)OC(C)(C)C. The molecular formula is C20H23N3O2S2. The molecular weight excluding hydrogens is 378 g/mol. The topological polar surface area (TPSA) is 68.5 Å². The molecule has 4 rings (SSSR count). The fourth-order valence-electron chi connectivity index (χ4n) is 3.37. The Morgan fingerprint density at radius 3 is 2.74 bits per heavy atom. The van der Waals surface area contributed by atoms with Gasteiger partial charge in [-0.15, -0.1) is 22.7 Å². The minimum atomic E-state index is -0.502. The molecule has 1 aromatic carbocycles. The van der Waals surface area contributed by atoms with Gasteiger partial charge in [-0.1, -0.05) is 12.1 Å². The Kier molecular flexibility index (Phi) is 4.39. The van der Waals surface area contributed by atoms with E-state index in [1.807, 2.05) is 39.0 Å². The third-order valence-corrected chi connectivity index (χ3v) is 6.70. The van der Waals surface area contributed by atoms with Crippen molar-refractivity contribution in [3.63, 3.8) is 0 Å². The minimum absolute atomic E-state index is 0.0504. The second kappa shape index (κ2) is 6.49. The molecule has 7 heteroatoms. The maximum Gasteiger partial charge on any atom is 0.410 e. The molecule has 3 aromatic rings. The number of hydrogen-bond donors (Lipinski definition) is 1. The first kappa shape index (κ1) is 18.3. The van der Waals surface area contributed by atoms with Crippen molar-refractivity contribution >= 4 is 44.0 Å². The highest BCUT2D eigenvalue weighted by atomic mass is 32.1. The van der Waals surface area contributed by atoms with E-state index >= 15 is 0 Å². The lowest BCUT2D eigenvalue weighted by atomic mass is 9.98. The lowest BCUT2D eigenvalue weighted by molar-refractivity contribution is 0.0142.